The van der Waals surface area contributed by atoms with Crippen molar-refractivity contribution in [3.05, 3.63) is 58.7 Å². The average molecular weight is 577 g/mol. The molecule has 1 aliphatic carbocycles. The van der Waals surface area contributed by atoms with Gasteiger partial charge in [-0.15, -0.1) is 0 Å². The van der Waals surface area contributed by atoms with Gasteiger partial charge in [0.2, 0.25) is 0 Å². The number of ether oxygens (including phenoxy) is 1. The summed E-state index contributed by atoms with van der Waals surface area (Å²) in [5, 5.41) is 1.11. The Kier molecular flexibility index (Phi) is 8.66. The Morgan fingerprint density at radius 2 is 1.83 bits per heavy atom. The van der Waals surface area contributed by atoms with Crippen LogP contribution in [0.2, 0.25) is 0 Å². The fourth-order valence-electron chi connectivity index (χ4n) is 6.22. The SMILES string of the molecule is CCCN(C)C(=O)C1=Cc2cc(OC)ccc2-c2c(C3CCCCC3)c3ccc(C(=O)NS(=O)N(C)C)cc3n2C1. The lowest BCUT2D eigenvalue weighted by molar-refractivity contribution is -0.126. The summed E-state index contributed by atoms with van der Waals surface area (Å²) in [4.78, 5) is 28.6. The van der Waals surface area contributed by atoms with E-state index in [1.54, 1.807) is 26.1 Å². The molecule has 1 aromatic heterocycles. The summed E-state index contributed by atoms with van der Waals surface area (Å²) in [7, 11) is 6.80. The van der Waals surface area contributed by atoms with Crippen LogP contribution >= 0.6 is 0 Å². The van der Waals surface area contributed by atoms with Crippen molar-refractivity contribution in [2.75, 3.05) is 34.8 Å². The van der Waals surface area contributed by atoms with Gasteiger partial charge < -0.3 is 14.2 Å². The van der Waals surface area contributed by atoms with Crippen LogP contribution in [0.4, 0.5) is 0 Å². The monoisotopic (exact) mass is 576 g/mol. The van der Waals surface area contributed by atoms with Gasteiger partial charge in [-0.05, 0) is 72.7 Å². The van der Waals surface area contributed by atoms with Crippen molar-refractivity contribution >= 4 is 40.0 Å². The van der Waals surface area contributed by atoms with Crippen molar-refractivity contribution in [3.63, 3.8) is 0 Å². The molecule has 1 fully saturated rings. The van der Waals surface area contributed by atoms with Crippen molar-refractivity contribution in [3.8, 4) is 17.0 Å². The first-order chi connectivity index (χ1) is 19.7. The molecule has 2 aliphatic rings. The number of carbonyl (C=O) groups is 2. The number of amides is 2. The zero-order chi connectivity index (χ0) is 29.3. The normalized spacial score (nSPS) is 16.0. The van der Waals surface area contributed by atoms with Crippen molar-refractivity contribution in [1.82, 2.24) is 18.5 Å². The third-order valence-electron chi connectivity index (χ3n) is 8.24. The number of nitrogens with zero attached hydrogens (tertiary/aromatic N) is 3. The molecule has 1 unspecified atom stereocenters. The van der Waals surface area contributed by atoms with Crippen LogP contribution in [-0.2, 0) is 22.5 Å². The smallest absolute Gasteiger partial charge is 0.264 e. The van der Waals surface area contributed by atoms with E-state index in [0.29, 0.717) is 30.1 Å². The summed E-state index contributed by atoms with van der Waals surface area (Å²) in [6.45, 7) is 3.12. The summed E-state index contributed by atoms with van der Waals surface area (Å²) in [6.07, 6.45) is 8.72. The van der Waals surface area contributed by atoms with Crippen LogP contribution in [0.1, 0.15) is 72.9 Å². The predicted molar refractivity (Wildman–Crippen MR) is 165 cm³/mol. The highest BCUT2D eigenvalue weighted by molar-refractivity contribution is 7.81. The number of carbonyl (C=O) groups excluding carboxylic acids is 2. The Morgan fingerprint density at radius 3 is 2.51 bits per heavy atom. The standard InChI is InChI=1S/C32H40N4O4S/c1-6-16-35(4)32(38)24-17-23-18-25(40-5)13-15-26(23)30-29(21-10-8-7-9-11-21)27-14-12-22(19-28(27)36(30)20-24)31(37)33-41(39)34(2)3/h12-15,17-19,21H,6-11,16,20H2,1-5H3,(H,33,37). The Hall–Kier alpha value is -3.43. The van der Waals surface area contributed by atoms with Gasteiger partial charge in [-0.2, -0.15) is 0 Å². The predicted octanol–water partition coefficient (Wildman–Crippen LogP) is 5.50. The maximum atomic E-state index is 13.7. The molecule has 0 saturated heterocycles. The summed E-state index contributed by atoms with van der Waals surface area (Å²) in [6, 6.07) is 11.8. The fourth-order valence-corrected chi connectivity index (χ4v) is 6.68. The van der Waals surface area contributed by atoms with Gasteiger partial charge >= 0.3 is 0 Å². The molecule has 0 spiro atoms. The molecular formula is C32H40N4O4S. The van der Waals surface area contributed by atoms with Crippen LogP contribution in [0.5, 0.6) is 5.75 Å². The molecule has 8 nitrogen and oxygen atoms in total. The molecule has 2 amide bonds. The maximum absolute atomic E-state index is 13.7. The number of rotatable bonds is 8. The minimum atomic E-state index is -1.64. The third kappa shape index (κ3) is 5.70. The Morgan fingerprint density at radius 1 is 1.07 bits per heavy atom. The molecule has 1 saturated carbocycles. The summed E-state index contributed by atoms with van der Waals surface area (Å²) in [5.41, 5.74) is 6.44. The highest BCUT2D eigenvalue weighted by atomic mass is 32.2. The number of hydrogen-bond acceptors (Lipinski definition) is 4. The number of aromatic nitrogens is 1. The van der Waals surface area contributed by atoms with Gasteiger partial charge in [0, 0.05) is 55.3 Å². The molecule has 0 radical (unpaired) electrons. The van der Waals surface area contributed by atoms with Crippen LogP contribution in [0, 0.1) is 0 Å². The van der Waals surface area contributed by atoms with E-state index in [1.165, 1.54) is 29.1 Å². The van der Waals surface area contributed by atoms with Crippen molar-refractivity contribution in [2.24, 2.45) is 0 Å². The second kappa shape index (κ2) is 12.2. The molecule has 218 valence electrons. The van der Waals surface area contributed by atoms with Crippen LogP contribution in [0.25, 0.3) is 28.2 Å². The molecule has 0 bridgehead atoms. The summed E-state index contributed by atoms with van der Waals surface area (Å²) < 4.78 is 24.2. The quantitative estimate of drug-likeness (QED) is 0.384. The second-order valence-corrected chi connectivity index (χ2v) is 12.7. The van der Waals surface area contributed by atoms with E-state index in [-0.39, 0.29) is 5.91 Å². The van der Waals surface area contributed by atoms with E-state index in [9.17, 15) is 13.8 Å². The van der Waals surface area contributed by atoms with Gasteiger partial charge in [0.15, 0.2) is 11.2 Å². The van der Waals surface area contributed by atoms with Crippen molar-refractivity contribution in [1.29, 1.82) is 0 Å². The van der Waals surface area contributed by atoms with Crippen molar-refractivity contribution in [2.45, 2.75) is 57.9 Å². The largest absolute Gasteiger partial charge is 0.497 e. The lowest BCUT2D eigenvalue weighted by atomic mass is 9.81. The van der Waals surface area contributed by atoms with E-state index in [2.05, 4.69) is 22.3 Å². The number of methoxy groups -OCH3 is 1. The molecule has 1 aliphatic heterocycles. The van der Waals surface area contributed by atoms with Crippen LogP contribution in [0.3, 0.4) is 0 Å². The summed E-state index contributed by atoms with van der Waals surface area (Å²) in [5.74, 6) is 0.718. The first kappa shape index (κ1) is 29.1. The van der Waals surface area contributed by atoms with Gasteiger partial charge in [-0.3, -0.25) is 14.3 Å². The van der Waals surface area contributed by atoms with E-state index < -0.39 is 17.1 Å². The van der Waals surface area contributed by atoms with E-state index in [4.69, 9.17) is 4.74 Å². The Balaban J connectivity index is 1.75. The van der Waals surface area contributed by atoms with Crippen LogP contribution in [0.15, 0.2) is 42.0 Å². The zero-order valence-electron chi connectivity index (χ0n) is 24.7. The molecule has 2 aromatic carbocycles. The first-order valence-corrected chi connectivity index (χ1v) is 15.5. The first-order valence-electron chi connectivity index (χ1n) is 14.4. The molecule has 5 rings (SSSR count). The average Bonchev–Trinajstić information content (AvgIpc) is 3.19. The Labute approximate surface area is 245 Å². The number of likely N-dealkylation sites (N-methyl/N-ethyl adjacent to an activating group) is 1. The zero-order valence-corrected chi connectivity index (χ0v) is 25.5. The molecule has 9 heteroatoms. The molecule has 1 atom stereocenters. The molecule has 1 N–H and O–H groups in total. The molecular weight excluding hydrogens is 536 g/mol. The minimum Gasteiger partial charge on any atom is -0.497 e. The molecule has 3 aromatic rings. The van der Waals surface area contributed by atoms with Crippen LogP contribution < -0.4 is 9.46 Å². The van der Waals surface area contributed by atoms with E-state index in [0.717, 1.165) is 52.7 Å². The lowest BCUT2D eigenvalue weighted by Crippen LogP contribution is -2.34. The minimum absolute atomic E-state index is 0.00943. The summed E-state index contributed by atoms with van der Waals surface area (Å²) >= 11 is -1.64. The number of nitrogens with one attached hydrogen (secondary N) is 1. The molecule has 41 heavy (non-hydrogen) atoms. The van der Waals surface area contributed by atoms with Crippen molar-refractivity contribution < 1.29 is 18.5 Å². The highest BCUT2D eigenvalue weighted by Crippen LogP contribution is 2.47. The van der Waals surface area contributed by atoms with Gasteiger partial charge in [-0.25, -0.2) is 8.51 Å². The topological polar surface area (TPSA) is 83.9 Å². The number of benzene rings is 2. The van der Waals surface area contributed by atoms with E-state index in [1.807, 2.05) is 43.5 Å². The van der Waals surface area contributed by atoms with Gasteiger partial charge in [0.25, 0.3) is 11.8 Å². The van der Waals surface area contributed by atoms with Gasteiger partial charge in [0.1, 0.15) is 5.75 Å². The van der Waals surface area contributed by atoms with Crippen LogP contribution in [-0.4, -0.2) is 64.6 Å². The van der Waals surface area contributed by atoms with Gasteiger partial charge in [-0.1, -0.05) is 32.3 Å². The fraction of sp³-hybridized carbons (Fsp3) is 0.438. The number of fused-ring (bicyclic) bond motifs is 5. The number of hydrogen-bond donors (Lipinski definition) is 1. The van der Waals surface area contributed by atoms with Gasteiger partial charge in [0.05, 0.1) is 19.3 Å². The highest BCUT2D eigenvalue weighted by Gasteiger charge is 2.31. The lowest BCUT2D eigenvalue weighted by Gasteiger charge is -2.24. The maximum Gasteiger partial charge on any atom is 0.264 e. The Bertz CT molecular complexity index is 1530. The molecule has 2 heterocycles. The third-order valence-corrected chi connectivity index (χ3v) is 9.27. The van der Waals surface area contributed by atoms with E-state index >= 15 is 0 Å². The second-order valence-electron chi connectivity index (χ2n) is 11.3.